The fourth-order valence-electron chi connectivity index (χ4n) is 0.267. The van der Waals surface area contributed by atoms with Crippen LogP contribution >= 0.6 is 11.6 Å². The molecule has 1 radical (unpaired) electrons. The van der Waals surface area contributed by atoms with Gasteiger partial charge in [-0.05, 0) is 12.1 Å². The Hall–Kier alpha value is -0.430. The van der Waals surface area contributed by atoms with Crippen molar-refractivity contribution in [2.75, 3.05) is 0 Å². The molecule has 1 aromatic rings. The fourth-order valence-corrected chi connectivity index (χ4v) is 0.385. The maximum Gasteiger partial charge on any atom is 0.106 e. The molecule has 31 valence electrons. The summed E-state index contributed by atoms with van der Waals surface area (Å²) in [5, 5.41) is 0.634. The molecule has 0 saturated heterocycles. The second-order valence-electron chi connectivity index (χ2n) is 0.951. The van der Waals surface area contributed by atoms with Crippen molar-refractivity contribution in [3.05, 3.63) is 23.5 Å². The summed E-state index contributed by atoms with van der Waals surface area (Å²) >= 11 is 5.37. The second kappa shape index (κ2) is 1.35. The molecule has 1 N–H and O–H groups in total. The van der Waals surface area contributed by atoms with Crippen LogP contribution in [0.1, 0.15) is 0 Å². The van der Waals surface area contributed by atoms with E-state index in [9.17, 15) is 0 Å². The monoisotopic (exact) mass is 100.0 g/mol. The average molecular weight is 101 g/mol. The molecule has 0 bridgehead atoms. The summed E-state index contributed by atoms with van der Waals surface area (Å²) in [6, 6.07) is 3.46. The first-order valence-electron chi connectivity index (χ1n) is 1.60. The van der Waals surface area contributed by atoms with Gasteiger partial charge in [-0.1, -0.05) is 11.6 Å². The molecule has 0 amide bonds. The average Bonchev–Trinajstić information content (AvgIpc) is 1.86. The zero-order valence-corrected chi connectivity index (χ0v) is 3.79. The van der Waals surface area contributed by atoms with Crippen LogP contribution in [0.2, 0.25) is 5.15 Å². The van der Waals surface area contributed by atoms with Crippen molar-refractivity contribution in [2.24, 2.45) is 0 Å². The Morgan fingerprint density at radius 1 is 1.83 bits per heavy atom. The van der Waals surface area contributed by atoms with Crippen molar-refractivity contribution >= 4 is 11.6 Å². The van der Waals surface area contributed by atoms with E-state index in [2.05, 4.69) is 11.2 Å². The summed E-state index contributed by atoms with van der Waals surface area (Å²) in [4.78, 5) is 2.64. The molecular weight excluding hydrogens is 97.5 g/mol. The zero-order chi connectivity index (χ0) is 4.41. The molecule has 1 heterocycles. The van der Waals surface area contributed by atoms with Gasteiger partial charge in [-0.2, -0.15) is 0 Å². The lowest BCUT2D eigenvalue weighted by Crippen LogP contribution is -1.50. The predicted molar refractivity (Wildman–Crippen MR) is 24.6 cm³/mol. The lowest BCUT2D eigenvalue weighted by Gasteiger charge is -1.66. The van der Waals surface area contributed by atoms with Gasteiger partial charge in [-0.25, -0.2) is 0 Å². The minimum atomic E-state index is 0.634. The van der Waals surface area contributed by atoms with Gasteiger partial charge in [-0.3, -0.25) is 0 Å². The third-order valence-electron chi connectivity index (χ3n) is 0.505. The summed E-state index contributed by atoms with van der Waals surface area (Å²) in [6.07, 6.45) is 2.67. The standard InChI is InChI=1S/C4H3ClN/c5-4-2-1-3-6-4/h1-2,6H. The molecule has 0 fully saturated rings. The number of rotatable bonds is 0. The molecule has 0 aliphatic carbocycles. The topological polar surface area (TPSA) is 15.8 Å². The molecule has 0 unspecified atom stereocenters. The number of hydrogen-bond acceptors (Lipinski definition) is 0. The Kier molecular flexibility index (Phi) is 0.843. The van der Waals surface area contributed by atoms with E-state index in [1.165, 1.54) is 0 Å². The highest BCUT2D eigenvalue weighted by Gasteiger charge is 1.76. The van der Waals surface area contributed by atoms with Crippen LogP contribution in [0.3, 0.4) is 0 Å². The summed E-state index contributed by atoms with van der Waals surface area (Å²) in [7, 11) is 0. The summed E-state index contributed by atoms with van der Waals surface area (Å²) < 4.78 is 0. The van der Waals surface area contributed by atoms with Crippen LogP contribution in [-0.4, -0.2) is 4.98 Å². The smallest absolute Gasteiger partial charge is 0.106 e. The molecule has 1 rings (SSSR count). The van der Waals surface area contributed by atoms with Gasteiger partial charge in [0.05, 0.1) is 6.20 Å². The van der Waals surface area contributed by atoms with Crippen molar-refractivity contribution in [3.8, 4) is 0 Å². The largest absolute Gasteiger partial charge is 0.344 e. The fraction of sp³-hybridized carbons (Fsp3) is 0. The van der Waals surface area contributed by atoms with Crippen molar-refractivity contribution in [1.82, 2.24) is 4.98 Å². The van der Waals surface area contributed by atoms with Crippen LogP contribution in [-0.2, 0) is 0 Å². The number of hydrogen-bond donors (Lipinski definition) is 1. The molecule has 0 aliphatic heterocycles. The van der Waals surface area contributed by atoms with Crippen LogP contribution in [0.15, 0.2) is 12.1 Å². The summed E-state index contributed by atoms with van der Waals surface area (Å²) in [6.45, 7) is 0. The van der Waals surface area contributed by atoms with E-state index in [0.717, 1.165) is 0 Å². The lowest BCUT2D eigenvalue weighted by atomic mass is 10.7. The van der Waals surface area contributed by atoms with Gasteiger partial charge in [0.15, 0.2) is 0 Å². The minimum absolute atomic E-state index is 0.634. The van der Waals surface area contributed by atoms with Gasteiger partial charge in [0.2, 0.25) is 0 Å². The van der Waals surface area contributed by atoms with E-state index in [4.69, 9.17) is 11.6 Å². The van der Waals surface area contributed by atoms with Crippen molar-refractivity contribution < 1.29 is 0 Å². The van der Waals surface area contributed by atoms with E-state index in [-0.39, 0.29) is 0 Å². The van der Waals surface area contributed by atoms with Gasteiger partial charge in [0.25, 0.3) is 0 Å². The van der Waals surface area contributed by atoms with Gasteiger partial charge in [0.1, 0.15) is 5.15 Å². The third-order valence-corrected chi connectivity index (χ3v) is 0.725. The summed E-state index contributed by atoms with van der Waals surface area (Å²) in [5.41, 5.74) is 0. The highest BCUT2D eigenvalue weighted by molar-refractivity contribution is 6.29. The van der Waals surface area contributed by atoms with Crippen LogP contribution in [0.4, 0.5) is 0 Å². The van der Waals surface area contributed by atoms with Gasteiger partial charge in [-0.15, -0.1) is 0 Å². The minimum Gasteiger partial charge on any atom is -0.344 e. The molecule has 1 aromatic heterocycles. The number of halogens is 1. The quantitative estimate of drug-likeness (QED) is 0.508. The molecule has 6 heavy (non-hydrogen) atoms. The first-order chi connectivity index (χ1) is 2.89. The van der Waals surface area contributed by atoms with E-state index < -0.39 is 0 Å². The molecule has 0 atom stereocenters. The number of H-pyrrole nitrogens is 1. The highest BCUT2D eigenvalue weighted by Crippen LogP contribution is 1.98. The molecule has 0 aromatic carbocycles. The zero-order valence-electron chi connectivity index (χ0n) is 3.03. The SMILES string of the molecule is Clc1cc[c][nH]1. The van der Waals surface area contributed by atoms with Crippen molar-refractivity contribution in [3.63, 3.8) is 0 Å². The van der Waals surface area contributed by atoms with E-state index in [1.807, 2.05) is 0 Å². The van der Waals surface area contributed by atoms with Crippen LogP contribution in [0, 0.1) is 6.20 Å². The summed E-state index contributed by atoms with van der Waals surface area (Å²) in [5.74, 6) is 0. The molecular formula is C4H3ClN. The number of aromatic nitrogens is 1. The maximum absolute atomic E-state index is 5.37. The predicted octanol–water partition coefficient (Wildman–Crippen LogP) is 1.47. The van der Waals surface area contributed by atoms with Gasteiger partial charge >= 0.3 is 0 Å². The lowest BCUT2D eigenvalue weighted by molar-refractivity contribution is 1.40. The Morgan fingerprint density at radius 3 is 2.83 bits per heavy atom. The van der Waals surface area contributed by atoms with Crippen LogP contribution in [0.5, 0.6) is 0 Å². The van der Waals surface area contributed by atoms with Crippen molar-refractivity contribution in [1.29, 1.82) is 0 Å². The van der Waals surface area contributed by atoms with Gasteiger partial charge < -0.3 is 4.98 Å². The number of aromatic amines is 1. The molecule has 1 nitrogen and oxygen atoms in total. The Morgan fingerprint density at radius 2 is 2.67 bits per heavy atom. The van der Waals surface area contributed by atoms with Gasteiger partial charge in [0, 0.05) is 0 Å². The first kappa shape index (κ1) is 3.75. The van der Waals surface area contributed by atoms with E-state index in [1.54, 1.807) is 12.1 Å². The molecule has 0 aliphatic rings. The maximum atomic E-state index is 5.37. The van der Waals surface area contributed by atoms with E-state index in [0.29, 0.717) is 5.15 Å². The second-order valence-corrected chi connectivity index (χ2v) is 1.36. The number of nitrogens with one attached hydrogen (secondary N) is 1. The molecule has 0 saturated carbocycles. The Bertz CT molecular complexity index is 111. The highest BCUT2D eigenvalue weighted by atomic mass is 35.5. The van der Waals surface area contributed by atoms with E-state index >= 15 is 0 Å². The molecule has 0 spiro atoms. The third kappa shape index (κ3) is 0.546. The Labute approximate surface area is 40.9 Å². The first-order valence-corrected chi connectivity index (χ1v) is 1.98. The van der Waals surface area contributed by atoms with Crippen molar-refractivity contribution in [2.45, 2.75) is 0 Å². The van der Waals surface area contributed by atoms with Crippen LogP contribution in [0.25, 0.3) is 0 Å². The Balaban J connectivity index is 3.05. The van der Waals surface area contributed by atoms with Crippen LogP contribution < -0.4 is 0 Å². The normalized spacial score (nSPS) is 8.83. The molecule has 2 heteroatoms.